The van der Waals surface area contributed by atoms with Gasteiger partial charge in [0.2, 0.25) is 0 Å². The van der Waals surface area contributed by atoms with Crippen LogP contribution in [0.2, 0.25) is 0 Å². The average molecular weight is 276 g/mol. The van der Waals surface area contributed by atoms with Gasteiger partial charge in [0, 0.05) is 31.9 Å². The van der Waals surface area contributed by atoms with E-state index in [4.69, 9.17) is 9.84 Å². The molecule has 0 aliphatic carbocycles. The molecular formula is C15H20N2O3. The number of nitrogens with zero attached hydrogens (tertiary/aromatic N) is 2. The number of rotatable bonds is 3. The van der Waals surface area contributed by atoms with Gasteiger partial charge in [-0.1, -0.05) is 0 Å². The zero-order chi connectivity index (χ0) is 14.1. The van der Waals surface area contributed by atoms with Gasteiger partial charge in [-0.25, -0.2) is 4.79 Å². The molecule has 5 heteroatoms. The molecule has 2 aliphatic rings. The Morgan fingerprint density at radius 1 is 1.45 bits per heavy atom. The monoisotopic (exact) mass is 276 g/mol. The Morgan fingerprint density at radius 2 is 2.30 bits per heavy atom. The van der Waals surface area contributed by atoms with Crippen molar-refractivity contribution in [3.63, 3.8) is 0 Å². The standard InChI is InChI=1S/C15H20N2O3/c1-16-6-7-20-13(9-16)10-17-5-4-11-8-12(15(18)19)2-3-14(11)17/h2-3,8,13H,4-7,9-10H2,1H3,(H,18,19). The molecule has 0 aromatic heterocycles. The number of hydrogen-bond acceptors (Lipinski definition) is 4. The maximum Gasteiger partial charge on any atom is 0.335 e. The van der Waals surface area contributed by atoms with Gasteiger partial charge in [-0.3, -0.25) is 0 Å². The number of hydrogen-bond donors (Lipinski definition) is 1. The molecule has 0 saturated carbocycles. The molecule has 0 spiro atoms. The Hall–Kier alpha value is -1.59. The summed E-state index contributed by atoms with van der Waals surface area (Å²) in [6.07, 6.45) is 1.15. The molecule has 108 valence electrons. The highest BCUT2D eigenvalue weighted by atomic mass is 16.5. The summed E-state index contributed by atoms with van der Waals surface area (Å²) in [6, 6.07) is 5.41. The first-order valence-corrected chi connectivity index (χ1v) is 7.05. The molecule has 0 radical (unpaired) electrons. The summed E-state index contributed by atoms with van der Waals surface area (Å²) in [5.41, 5.74) is 2.67. The van der Waals surface area contributed by atoms with E-state index < -0.39 is 5.97 Å². The van der Waals surface area contributed by atoms with Gasteiger partial charge >= 0.3 is 5.97 Å². The largest absolute Gasteiger partial charge is 0.478 e. The van der Waals surface area contributed by atoms with Crippen LogP contribution in [0.1, 0.15) is 15.9 Å². The fourth-order valence-corrected chi connectivity index (χ4v) is 3.02. The molecule has 1 saturated heterocycles. The molecule has 0 amide bonds. The molecule has 3 rings (SSSR count). The van der Waals surface area contributed by atoms with Crippen molar-refractivity contribution >= 4 is 11.7 Å². The molecule has 1 N–H and O–H groups in total. The number of ether oxygens (including phenoxy) is 1. The number of carbonyl (C=O) groups is 1. The molecule has 1 fully saturated rings. The van der Waals surface area contributed by atoms with Crippen LogP contribution in [0.3, 0.4) is 0 Å². The van der Waals surface area contributed by atoms with Crippen LogP contribution in [0.25, 0.3) is 0 Å². The van der Waals surface area contributed by atoms with Crippen LogP contribution in [0.5, 0.6) is 0 Å². The predicted molar refractivity (Wildman–Crippen MR) is 76.6 cm³/mol. The third-order valence-electron chi connectivity index (χ3n) is 4.08. The van der Waals surface area contributed by atoms with Crippen LogP contribution in [-0.4, -0.2) is 61.9 Å². The first kappa shape index (κ1) is 13.4. The Kier molecular flexibility index (Phi) is 3.63. The van der Waals surface area contributed by atoms with Gasteiger partial charge in [-0.2, -0.15) is 0 Å². The smallest absolute Gasteiger partial charge is 0.335 e. The van der Waals surface area contributed by atoms with Crippen LogP contribution in [-0.2, 0) is 11.2 Å². The summed E-state index contributed by atoms with van der Waals surface area (Å²) in [5.74, 6) is -0.858. The predicted octanol–water partition coefficient (Wildman–Crippen LogP) is 1.08. The van der Waals surface area contributed by atoms with Crippen molar-refractivity contribution in [3.8, 4) is 0 Å². The van der Waals surface area contributed by atoms with Gasteiger partial charge in [0.05, 0.1) is 18.3 Å². The minimum absolute atomic E-state index is 0.235. The van der Waals surface area contributed by atoms with Crippen molar-refractivity contribution < 1.29 is 14.6 Å². The zero-order valence-corrected chi connectivity index (χ0v) is 11.7. The molecular weight excluding hydrogens is 256 g/mol. The quantitative estimate of drug-likeness (QED) is 0.895. The summed E-state index contributed by atoms with van der Waals surface area (Å²) < 4.78 is 5.81. The van der Waals surface area contributed by atoms with Crippen molar-refractivity contribution in [2.45, 2.75) is 12.5 Å². The molecule has 2 aliphatic heterocycles. The van der Waals surface area contributed by atoms with E-state index in [0.717, 1.165) is 50.5 Å². The van der Waals surface area contributed by atoms with Gasteiger partial charge in [0.25, 0.3) is 0 Å². The fraction of sp³-hybridized carbons (Fsp3) is 0.533. The van der Waals surface area contributed by atoms with Crippen molar-refractivity contribution in [2.75, 3.05) is 44.7 Å². The Balaban J connectivity index is 1.71. The lowest BCUT2D eigenvalue weighted by Gasteiger charge is -2.33. The Labute approximate surface area is 118 Å². The third-order valence-corrected chi connectivity index (χ3v) is 4.08. The van der Waals surface area contributed by atoms with Crippen molar-refractivity contribution in [1.29, 1.82) is 0 Å². The maximum atomic E-state index is 11.0. The summed E-state index contributed by atoms with van der Waals surface area (Å²) in [7, 11) is 2.12. The molecule has 1 aromatic carbocycles. The van der Waals surface area contributed by atoms with E-state index in [2.05, 4.69) is 16.8 Å². The summed E-state index contributed by atoms with van der Waals surface area (Å²) >= 11 is 0. The highest BCUT2D eigenvalue weighted by Crippen LogP contribution is 2.29. The van der Waals surface area contributed by atoms with Crippen LogP contribution >= 0.6 is 0 Å². The maximum absolute atomic E-state index is 11.0. The van der Waals surface area contributed by atoms with Crippen LogP contribution in [0.15, 0.2) is 18.2 Å². The number of carboxylic acids is 1. The number of aromatic carboxylic acids is 1. The van der Waals surface area contributed by atoms with Crippen molar-refractivity contribution in [3.05, 3.63) is 29.3 Å². The van der Waals surface area contributed by atoms with E-state index in [-0.39, 0.29) is 6.10 Å². The lowest BCUT2D eigenvalue weighted by Crippen LogP contribution is -2.45. The van der Waals surface area contributed by atoms with E-state index in [1.807, 2.05) is 6.07 Å². The van der Waals surface area contributed by atoms with Crippen molar-refractivity contribution in [2.24, 2.45) is 0 Å². The molecule has 1 unspecified atom stereocenters. The van der Waals surface area contributed by atoms with Gasteiger partial charge in [-0.05, 0) is 37.2 Å². The minimum Gasteiger partial charge on any atom is -0.478 e. The molecule has 0 bridgehead atoms. The highest BCUT2D eigenvalue weighted by molar-refractivity contribution is 5.88. The molecule has 1 aromatic rings. The third kappa shape index (κ3) is 2.64. The lowest BCUT2D eigenvalue weighted by molar-refractivity contribution is -0.0146. The second-order valence-corrected chi connectivity index (χ2v) is 5.60. The average Bonchev–Trinajstić information content (AvgIpc) is 2.81. The van der Waals surface area contributed by atoms with E-state index in [1.165, 1.54) is 0 Å². The zero-order valence-electron chi connectivity index (χ0n) is 11.7. The Bertz CT molecular complexity index is 518. The van der Waals surface area contributed by atoms with Gasteiger partial charge in [-0.15, -0.1) is 0 Å². The highest BCUT2D eigenvalue weighted by Gasteiger charge is 2.25. The number of likely N-dealkylation sites (N-methyl/N-ethyl adjacent to an activating group) is 1. The van der Waals surface area contributed by atoms with E-state index in [1.54, 1.807) is 12.1 Å². The second-order valence-electron chi connectivity index (χ2n) is 5.60. The summed E-state index contributed by atoms with van der Waals surface area (Å²) in [6.45, 7) is 4.57. The topological polar surface area (TPSA) is 53.0 Å². The van der Waals surface area contributed by atoms with Crippen LogP contribution < -0.4 is 4.90 Å². The number of benzene rings is 1. The van der Waals surface area contributed by atoms with Crippen molar-refractivity contribution in [1.82, 2.24) is 4.90 Å². The van der Waals surface area contributed by atoms with E-state index in [9.17, 15) is 4.79 Å². The second kappa shape index (κ2) is 5.42. The number of fused-ring (bicyclic) bond motifs is 1. The van der Waals surface area contributed by atoms with E-state index >= 15 is 0 Å². The normalized spacial score (nSPS) is 22.9. The lowest BCUT2D eigenvalue weighted by atomic mass is 10.1. The number of anilines is 1. The Morgan fingerprint density at radius 3 is 3.05 bits per heavy atom. The fourth-order valence-electron chi connectivity index (χ4n) is 3.02. The molecule has 2 heterocycles. The molecule has 20 heavy (non-hydrogen) atoms. The van der Waals surface area contributed by atoms with Gasteiger partial charge in [0.1, 0.15) is 0 Å². The van der Waals surface area contributed by atoms with E-state index in [0.29, 0.717) is 5.56 Å². The summed E-state index contributed by atoms with van der Waals surface area (Å²) in [4.78, 5) is 15.6. The van der Waals surface area contributed by atoms with Gasteiger partial charge in [0.15, 0.2) is 0 Å². The van der Waals surface area contributed by atoms with Crippen LogP contribution in [0, 0.1) is 0 Å². The SMILES string of the molecule is CN1CCOC(CN2CCc3cc(C(=O)O)ccc32)C1. The molecule has 5 nitrogen and oxygen atoms in total. The number of morpholine rings is 1. The minimum atomic E-state index is -0.858. The van der Waals surface area contributed by atoms with Gasteiger partial charge < -0.3 is 19.6 Å². The molecule has 1 atom stereocenters. The van der Waals surface area contributed by atoms with Crippen LogP contribution in [0.4, 0.5) is 5.69 Å². The summed E-state index contributed by atoms with van der Waals surface area (Å²) in [5, 5.41) is 9.03. The number of carboxylic acid groups (broad SMARTS) is 1. The first-order chi connectivity index (χ1) is 9.63. The first-order valence-electron chi connectivity index (χ1n) is 7.05.